The Balaban J connectivity index is 1.21. The fourth-order valence-corrected chi connectivity index (χ4v) is 10.1. The number of primary amides is 1. The van der Waals surface area contributed by atoms with Crippen molar-refractivity contribution in [1.29, 1.82) is 0 Å². The lowest BCUT2D eigenvalue weighted by Gasteiger charge is -2.34. The number of carbonyl (C=O) groups is 8. The third-order valence-electron chi connectivity index (χ3n) is 14.9. The molecule has 1 aromatic heterocycles. The molecule has 3 aliphatic rings. The summed E-state index contributed by atoms with van der Waals surface area (Å²) in [6.07, 6.45) is -15.9. The first-order valence-electron chi connectivity index (χ1n) is 27.3. The second-order valence-corrected chi connectivity index (χ2v) is 21.3. The minimum absolute atomic E-state index is 0.0705. The van der Waals surface area contributed by atoms with E-state index in [-0.39, 0.29) is 16.9 Å². The predicted molar refractivity (Wildman–Crippen MR) is 292 cm³/mol. The number of amides is 8. The summed E-state index contributed by atoms with van der Waals surface area (Å²) in [6.45, 7) is 4.02. The van der Waals surface area contributed by atoms with Crippen molar-refractivity contribution in [3.63, 3.8) is 0 Å². The van der Waals surface area contributed by atoms with Crippen LogP contribution in [0.5, 0.6) is 11.5 Å². The molecule has 0 radical (unpaired) electrons. The summed E-state index contributed by atoms with van der Waals surface area (Å²) in [6, 6.07) is 6.80. The van der Waals surface area contributed by atoms with Crippen molar-refractivity contribution in [2.75, 3.05) is 19.7 Å². The molecule has 15 atom stereocenters. The van der Waals surface area contributed by atoms with E-state index in [1.54, 1.807) is 18.2 Å². The number of rotatable bonds is 16. The van der Waals surface area contributed by atoms with Crippen LogP contribution in [-0.2, 0) is 33.6 Å². The molecular weight excluding hydrogens is 1100 g/mol. The number of benzene rings is 3. The van der Waals surface area contributed by atoms with Gasteiger partial charge in [-0.3, -0.25) is 38.4 Å². The van der Waals surface area contributed by atoms with Crippen molar-refractivity contribution in [2.45, 2.75) is 145 Å². The molecule has 16 N–H and O–H groups in total. The van der Waals surface area contributed by atoms with Crippen LogP contribution in [0.25, 0.3) is 22.6 Å². The van der Waals surface area contributed by atoms with Crippen molar-refractivity contribution in [2.24, 2.45) is 11.7 Å². The minimum atomic E-state index is -2.40. The SMILES string of the molecule is CCCCCOc1ccc(-c2cc(-c3ccc(C(=O)N[C@H]4C[C@@H](O)[C@@H](O)NC(=O)[C@@H]5[C@@H](O)[C@@H](C)CN5C(=O)[C@H]([C@H](O)CC(N)=O)NC(=O)[C@H]([C@H](O)[C@@H](O)c5ccc(O)cc5)NC(=O)[C@@H]5C[C@@H](O)CN5C(=O)[C@H]([C@@H](C)O)NC4=O)cc3)no2)cc1. The van der Waals surface area contributed by atoms with Gasteiger partial charge in [-0.25, -0.2) is 0 Å². The highest BCUT2D eigenvalue weighted by atomic mass is 16.5. The van der Waals surface area contributed by atoms with E-state index in [1.165, 1.54) is 31.2 Å². The second kappa shape index (κ2) is 28.0. The smallest absolute Gasteiger partial charge is 0.251 e. The van der Waals surface area contributed by atoms with Gasteiger partial charge >= 0.3 is 0 Å². The quantitative estimate of drug-likeness (QED) is 0.0495. The number of aliphatic hydroxyl groups excluding tert-OH is 8. The van der Waals surface area contributed by atoms with Gasteiger partial charge in [-0.15, -0.1) is 0 Å². The third kappa shape index (κ3) is 15.2. The van der Waals surface area contributed by atoms with Gasteiger partial charge in [0.05, 0.1) is 37.4 Å². The van der Waals surface area contributed by atoms with Crippen molar-refractivity contribution >= 4 is 47.3 Å². The van der Waals surface area contributed by atoms with Crippen LogP contribution < -0.4 is 37.1 Å². The first-order chi connectivity index (χ1) is 39.9. The molecule has 3 aliphatic heterocycles. The van der Waals surface area contributed by atoms with Crippen LogP contribution in [0, 0.1) is 5.92 Å². The molecule has 0 saturated carbocycles. The fourth-order valence-electron chi connectivity index (χ4n) is 10.1. The molecule has 0 unspecified atom stereocenters. The summed E-state index contributed by atoms with van der Waals surface area (Å²) in [5.41, 5.74) is 6.75. The van der Waals surface area contributed by atoms with E-state index in [0.717, 1.165) is 55.4 Å². The largest absolute Gasteiger partial charge is 0.508 e. The predicted octanol–water partition coefficient (Wildman–Crippen LogP) is -3.08. The second-order valence-electron chi connectivity index (χ2n) is 21.3. The molecular formula is C56H71N9O19. The Morgan fingerprint density at radius 2 is 1.39 bits per heavy atom. The number of aromatic nitrogens is 1. The van der Waals surface area contributed by atoms with E-state index in [4.69, 9.17) is 15.0 Å². The van der Waals surface area contributed by atoms with Crippen LogP contribution in [0.15, 0.2) is 83.4 Å². The number of fused-ring (bicyclic) bond motifs is 2. The molecule has 0 spiro atoms. The van der Waals surface area contributed by atoms with Crippen molar-refractivity contribution in [1.82, 2.24) is 41.5 Å². The van der Waals surface area contributed by atoms with E-state index in [9.17, 15) is 84.3 Å². The Bertz CT molecular complexity index is 2980. The third-order valence-corrected chi connectivity index (χ3v) is 14.9. The maximum absolute atomic E-state index is 14.6. The Morgan fingerprint density at radius 3 is 2.04 bits per heavy atom. The average Bonchev–Trinajstić information content (AvgIpc) is 3.99. The Hall–Kier alpha value is -8.09. The van der Waals surface area contributed by atoms with Crippen LogP contribution in [0.4, 0.5) is 0 Å². The monoisotopic (exact) mass is 1170 g/mol. The van der Waals surface area contributed by atoms with Crippen molar-refractivity contribution < 1.29 is 93.6 Å². The highest BCUT2D eigenvalue weighted by Gasteiger charge is 2.51. The van der Waals surface area contributed by atoms with E-state index >= 15 is 0 Å². The normalized spacial score (nSPS) is 27.2. The van der Waals surface area contributed by atoms with Gasteiger partial charge in [-0.05, 0) is 67.4 Å². The molecule has 4 aromatic rings. The highest BCUT2D eigenvalue weighted by Crippen LogP contribution is 2.30. The molecule has 84 heavy (non-hydrogen) atoms. The number of phenolic OH excluding ortho intramolecular Hbond substituents is 1. The van der Waals surface area contributed by atoms with Gasteiger partial charge in [0.15, 0.2) is 12.0 Å². The van der Waals surface area contributed by atoms with Crippen LogP contribution >= 0.6 is 0 Å². The van der Waals surface area contributed by atoms with Gasteiger partial charge < -0.3 is 97.3 Å². The lowest BCUT2D eigenvalue weighted by Crippen LogP contribution is -2.64. The lowest BCUT2D eigenvalue weighted by atomic mass is 9.96. The number of nitrogens with two attached hydrogens (primary N) is 1. The Morgan fingerprint density at radius 1 is 0.762 bits per heavy atom. The van der Waals surface area contributed by atoms with E-state index < -0.39 is 171 Å². The van der Waals surface area contributed by atoms with E-state index in [0.29, 0.717) is 39.8 Å². The molecule has 454 valence electrons. The molecule has 0 aliphatic carbocycles. The number of hydrogen-bond donors (Lipinski definition) is 15. The molecule has 3 aromatic carbocycles. The zero-order valence-electron chi connectivity index (χ0n) is 46.1. The highest BCUT2D eigenvalue weighted by molar-refractivity contribution is 6.00. The molecule has 8 amide bonds. The molecule has 3 fully saturated rings. The number of carbonyl (C=O) groups excluding carboxylic acids is 8. The van der Waals surface area contributed by atoms with Crippen LogP contribution in [0.3, 0.4) is 0 Å². The van der Waals surface area contributed by atoms with Crippen LogP contribution in [-0.4, -0.2) is 207 Å². The number of hydrogen-bond acceptors (Lipinski definition) is 20. The lowest BCUT2D eigenvalue weighted by molar-refractivity contribution is -0.149. The zero-order chi connectivity index (χ0) is 61.3. The van der Waals surface area contributed by atoms with Gasteiger partial charge in [-0.1, -0.05) is 56.1 Å². The first kappa shape index (κ1) is 63.5. The van der Waals surface area contributed by atoms with Gasteiger partial charge in [0.25, 0.3) is 5.91 Å². The average molecular weight is 1170 g/mol. The van der Waals surface area contributed by atoms with Crippen molar-refractivity contribution in [3.8, 4) is 34.1 Å². The Kier molecular flexibility index (Phi) is 21.2. The number of nitrogens with one attached hydrogen (secondary N) is 5. The molecule has 3 saturated heterocycles. The fraction of sp³-hybridized carbons (Fsp3) is 0.482. The number of nitrogens with zero attached hydrogens (tertiary/aromatic N) is 3. The standard InChI is InChI=1S/C56H71N9O19/c1-4-5-6-19-83-34-17-13-29(14-18-34)40-22-35(63-84-40)28-7-9-31(10-8-28)49(75)58-36-21-39(70)52(78)62-54(80)45-46(72)26(2)24-65(45)56(82)43(38(69)23-41(57)71)60-53(79)44(48(74)47(73)30-11-15-32(67)16-12-30)61-51(77)37-20-33(68)25-64(37)55(81)42(27(3)66)59-50(36)76/h7-18,22,26-27,33,36-39,42-48,52,66-70,72-74,78H,4-6,19-21,23-25H2,1-3H3,(H2,57,71)(H,58,75)(H,59,76)(H,60,79)(H,61,77)(H,62,80)/t26-,27+,33+,36-,37-,38+,39+,42-,43-,44-,45-,46-,47-,48-,52+/m0/s1. The summed E-state index contributed by atoms with van der Waals surface area (Å²) in [5, 5.41) is 116. The van der Waals surface area contributed by atoms with Gasteiger partial charge in [0.2, 0.25) is 41.4 Å². The summed E-state index contributed by atoms with van der Waals surface area (Å²) in [5.74, 6) is -10.4. The van der Waals surface area contributed by atoms with Gasteiger partial charge in [-0.2, -0.15) is 0 Å². The molecule has 0 bridgehead atoms. The maximum Gasteiger partial charge on any atom is 0.251 e. The van der Waals surface area contributed by atoms with Crippen LogP contribution in [0.1, 0.15) is 81.3 Å². The summed E-state index contributed by atoms with van der Waals surface area (Å²) in [7, 11) is 0. The zero-order valence-corrected chi connectivity index (χ0v) is 46.1. The van der Waals surface area contributed by atoms with Crippen LogP contribution in [0.2, 0.25) is 0 Å². The van der Waals surface area contributed by atoms with E-state index in [1.807, 2.05) is 12.1 Å². The molecule has 28 heteroatoms. The Labute approximate surface area is 480 Å². The first-order valence-corrected chi connectivity index (χ1v) is 27.3. The topological polar surface area (TPSA) is 447 Å². The molecule has 7 rings (SSSR count). The van der Waals surface area contributed by atoms with Crippen molar-refractivity contribution in [3.05, 3.63) is 90.0 Å². The summed E-state index contributed by atoms with van der Waals surface area (Å²) < 4.78 is 11.4. The number of ether oxygens (including phenoxy) is 1. The number of phenols is 1. The summed E-state index contributed by atoms with van der Waals surface area (Å²) >= 11 is 0. The van der Waals surface area contributed by atoms with E-state index in [2.05, 4.69) is 38.7 Å². The summed E-state index contributed by atoms with van der Waals surface area (Å²) in [4.78, 5) is 114. The molecule has 28 nitrogen and oxygen atoms in total. The number of aliphatic hydroxyl groups is 8. The molecule has 4 heterocycles. The minimum Gasteiger partial charge on any atom is -0.508 e. The number of aromatic hydroxyl groups is 1. The number of unbranched alkanes of at least 4 members (excludes halogenated alkanes) is 2. The maximum atomic E-state index is 14.6. The van der Waals surface area contributed by atoms with Gasteiger partial charge in [0.1, 0.15) is 71.8 Å². The van der Waals surface area contributed by atoms with Gasteiger partial charge in [0, 0.05) is 54.6 Å².